The normalized spacial score (nSPS) is 19.2. The highest BCUT2D eigenvalue weighted by Crippen LogP contribution is 2.27. The van der Waals surface area contributed by atoms with E-state index < -0.39 is 16.0 Å². The van der Waals surface area contributed by atoms with Gasteiger partial charge in [0.2, 0.25) is 10.0 Å². The molecule has 0 aromatic carbocycles. The van der Waals surface area contributed by atoms with E-state index in [0.29, 0.717) is 19.4 Å². The van der Waals surface area contributed by atoms with Crippen LogP contribution < -0.4 is 0 Å². The lowest BCUT2D eigenvalue weighted by molar-refractivity contribution is -0.137. The average Bonchev–Trinajstić information content (AvgIpc) is 2.55. The first kappa shape index (κ1) is 17.4. The predicted octanol–water partition coefficient (Wildman–Crippen LogP) is 1.75. The molecule has 0 radical (unpaired) electrons. The van der Waals surface area contributed by atoms with E-state index in [2.05, 4.69) is 4.98 Å². The van der Waals surface area contributed by atoms with Crippen LogP contribution in [-0.4, -0.2) is 41.4 Å². The van der Waals surface area contributed by atoms with Gasteiger partial charge < -0.3 is 5.11 Å². The van der Waals surface area contributed by atoms with Crippen molar-refractivity contribution in [1.82, 2.24) is 9.29 Å². The van der Waals surface area contributed by atoms with Gasteiger partial charge in [0, 0.05) is 25.2 Å². The number of nitriles is 1. The number of carboxylic acid groups (broad SMARTS) is 1. The van der Waals surface area contributed by atoms with Gasteiger partial charge in [0.25, 0.3) is 0 Å². The van der Waals surface area contributed by atoms with Crippen molar-refractivity contribution in [3.63, 3.8) is 0 Å². The van der Waals surface area contributed by atoms with Crippen molar-refractivity contribution >= 4 is 16.0 Å². The first-order chi connectivity index (χ1) is 10.9. The van der Waals surface area contributed by atoms with E-state index >= 15 is 0 Å². The summed E-state index contributed by atoms with van der Waals surface area (Å²) in [5.74, 6) is -0.869. The predicted molar refractivity (Wildman–Crippen MR) is 82.0 cm³/mol. The maximum atomic E-state index is 12.8. The highest BCUT2D eigenvalue weighted by Gasteiger charge is 2.33. The van der Waals surface area contributed by atoms with Crippen molar-refractivity contribution in [2.45, 2.75) is 49.5 Å². The zero-order chi connectivity index (χ0) is 16.9. The smallest absolute Gasteiger partial charge is 0.303 e. The molecular formula is C15H19N3O4S. The van der Waals surface area contributed by atoms with Crippen molar-refractivity contribution in [1.29, 1.82) is 5.26 Å². The van der Waals surface area contributed by atoms with Crippen molar-refractivity contribution in [2.75, 3.05) is 6.54 Å². The van der Waals surface area contributed by atoms with Crippen LogP contribution in [0.25, 0.3) is 0 Å². The third-order valence-corrected chi connectivity index (χ3v) is 5.89. The number of nitrogens with zero attached hydrogens (tertiary/aromatic N) is 3. The molecule has 0 amide bonds. The molecule has 1 aromatic rings. The van der Waals surface area contributed by atoms with Gasteiger partial charge in [-0.3, -0.25) is 4.79 Å². The van der Waals surface area contributed by atoms with Gasteiger partial charge in [0.15, 0.2) is 0 Å². The lowest BCUT2D eigenvalue weighted by Crippen LogP contribution is -2.43. The van der Waals surface area contributed by atoms with E-state index in [0.717, 1.165) is 19.3 Å². The molecule has 1 aliphatic heterocycles. The number of hydrogen-bond acceptors (Lipinski definition) is 5. The Labute approximate surface area is 135 Å². The molecule has 1 N–H and O–H groups in total. The van der Waals surface area contributed by atoms with Crippen LogP contribution in [0.3, 0.4) is 0 Å². The number of sulfonamides is 1. The first-order valence-corrected chi connectivity index (χ1v) is 8.99. The van der Waals surface area contributed by atoms with Crippen molar-refractivity contribution in [2.24, 2.45) is 0 Å². The monoisotopic (exact) mass is 337 g/mol. The van der Waals surface area contributed by atoms with Crippen LogP contribution in [0.15, 0.2) is 23.2 Å². The van der Waals surface area contributed by atoms with Gasteiger partial charge in [-0.2, -0.15) is 9.57 Å². The molecule has 1 fully saturated rings. The largest absolute Gasteiger partial charge is 0.481 e. The topological polar surface area (TPSA) is 111 Å². The summed E-state index contributed by atoms with van der Waals surface area (Å²) in [6.07, 6.45) is 4.71. The van der Waals surface area contributed by atoms with Crippen LogP contribution in [0.1, 0.15) is 44.2 Å². The summed E-state index contributed by atoms with van der Waals surface area (Å²) in [5.41, 5.74) is 0.167. The maximum Gasteiger partial charge on any atom is 0.303 e. The summed E-state index contributed by atoms with van der Waals surface area (Å²) < 4.78 is 27.0. The Hall–Kier alpha value is -1.98. The van der Waals surface area contributed by atoms with Gasteiger partial charge >= 0.3 is 5.97 Å². The molecule has 23 heavy (non-hydrogen) atoms. The fourth-order valence-electron chi connectivity index (χ4n) is 2.80. The zero-order valence-corrected chi connectivity index (χ0v) is 13.5. The summed E-state index contributed by atoms with van der Waals surface area (Å²) in [6.45, 7) is 0.431. The van der Waals surface area contributed by atoms with E-state index in [1.165, 1.54) is 22.6 Å². The third-order valence-electron chi connectivity index (χ3n) is 3.96. The second kappa shape index (κ2) is 7.53. The Morgan fingerprint density at radius 3 is 2.83 bits per heavy atom. The van der Waals surface area contributed by atoms with E-state index in [-0.39, 0.29) is 23.1 Å². The molecule has 0 spiro atoms. The van der Waals surface area contributed by atoms with Gasteiger partial charge in [0.1, 0.15) is 16.7 Å². The fourth-order valence-corrected chi connectivity index (χ4v) is 4.47. The molecule has 1 atom stereocenters. The fraction of sp³-hybridized carbons (Fsp3) is 0.533. The van der Waals surface area contributed by atoms with E-state index in [9.17, 15) is 13.2 Å². The summed E-state index contributed by atoms with van der Waals surface area (Å²) in [4.78, 5) is 14.5. The summed E-state index contributed by atoms with van der Waals surface area (Å²) in [5, 5.41) is 17.5. The molecule has 1 aliphatic rings. The SMILES string of the molecule is N#Cc1ccc(S(=O)(=O)N2CCCCC2CCCC(=O)O)cn1. The molecule has 1 aromatic heterocycles. The van der Waals surface area contributed by atoms with E-state index in [1.807, 2.05) is 6.07 Å². The first-order valence-electron chi connectivity index (χ1n) is 7.55. The van der Waals surface area contributed by atoms with Crippen LogP contribution in [0.2, 0.25) is 0 Å². The molecule has 0 bridgehead atoms. The highest BCUT2D eigenvalue weighted by molar-refractivity contribution is 7.89. The minimum atomic E-state index is -3.67. The summed E-state index contributed by atoms with van der Waals surface area (Å²) >= 11 is 0. The van der Waals surface area contributed by atoms with Gasteiger partial charge in [-0.25, -0.2) is 13.4 Å². The molecule has 0 aliphatic carbocycles. The summed E-state index contributed by atoms with van der Waals surface area (Å²) in [6, 6.07) is 4.46. The van der Waals surface area contributed by atoms with Gasteiger partial charge in [-0.1, -0.05) is 6.42 Å². The lowest BCUT2D eigenvalue weighted by Gasteiger charge is -2.34. The number of carboxylic acids is 1. The Morgan fingerprint density at radius 1 is 1.43 bits per heavy atom. The van der Waals surface area contributed by atoms with Gasteiger partial charge in [-0.15, -0.1) is 0 Å². The maximum absolute atomic E-state index is 12.8. The second-order valence-corrected chi connectivity index (χ2v) is 7.43. The van der Waals surface area contributed by atoms with Crippen LogP contribution in [0, 0.1) is 11.3 Å². The molecule has 1 unspecified atom stereocenters. The highest BCUT2D eigenvalue weighted by atomic mass is 32.2. The van der Waals surface area contributed by atoms with Crippen molar-refractivity contribution in [3.8, 4) is 6.07 Å². The number of aliphatic carboxylic acids is 1. The van der Waals surface area contributed by atoms with Crippen molar-refractivity contribution < 1.29 is 18.3 Å². The second-order valence-electron chi connectivity index (χ2n) is 5.54. The molecule has 124 valence electrons. The number of hydrogen-bond donors (Lipinski definition) is 1. The van der Waals surface area contributed by atoms with E-state index in [1.54, 1.807) is 0 Å². The summed E-state index contributed by atoms with van der Waals surface area (Å²) in [7, 11) is -3.67. The van der Waals surface area contributed by atoms with Crippen LogP contribution in [-0.2, 0) is 14.8 Å². The van der Waals surface area contributed by atoms with E-state index in [4.69, 9.17) is 10.4 Å². The Bertz CT molecular complexity index is 694. The quantitative estimate of drug-likeness (QED) is 0.846. The molecule has 1 saturated heterocycles. The number of pyridine rings is 1. The molecule has 2 rings (SSSR count). The standard InChI is InChI=1S/C15H19N3O4S/c16-10-12-7-8-14(11-17-12)23(21,22)18-9-2-1-4-13(18)5-3-6-15(19)20/h7-8,11,13H,1-6,9H2,(H,19,20). The minimum Gasteiger partial charge on any atom is -0.481 e. The Morgan fingerprint density at radius 2 is 2.22 bits per heavy atom. The number of carbonyl (C=O) groups is 1. The van der Waals surface area contributed by atoms with Crippen LogP contribution >= 0.6 is 0 Å². The molecule has 2 heterocycles. The molecule has 0 saturated carbocycles. The Balaban J connectivity index is 2.16. The van der Waals surface area contributed by atoms with Crippen LogP contribution in [0.5, 0.6) is 0 Å². The van der Waals surface area contributed by atoms with Crippen LogP contribution in [0.4, 0.5) is 0 Å². The molecular weight excluding hydrogens is 318 g/mol. The molecule has 7 nitrogen and oxygen atoms in total. The third kappa shape index (κ3) is 4.27. The van der Waals surface area contributed by atoms with Gasteiger partial charge in [-0.05, 0) is 37.8 Å². The molecule has 8 heteroatoms. The Kier molecular flexibility index (Phi) is 5.69. The van der Waals surface area contributed by atoms with Crippen molar-refractivity contribution in [3.05, 3.63) is 24.0 Å². The lowest BCUT2D eigenvalue weighted by atomic mass is 10.00. The number of piperidine rings is 1. The zero-order valence-electron chi connectivity index (χ0n) is 12.7. The van der Waals surface area contributed by atoms with Gasteiger partial charge in [0.05, 0.1) is 0 Å². The number of rotatable bonds is 6. The minimum absolute atomic E-state index is 0.0445. The average molecular weight is 337 g/mol. The number of aromatic nitrogens is 1.